The maximum atomic E-state index is 10.9. The molecule has 0 aliphatic rings. The number of nitro benzene ring substituents is 2. The number of hydrazone groups is 1. The van der Waals surface area contributed by atoms with Gasteiger partial charge >= 0.3 is 11.4 Å². The Morgan fingerprint density at radius 1 is 1.20 bits per heavy atom. The lowest BCUT2D eigenvalue weighted by Crippen LogP contribution is -2.04. The normalized spacial score (nSPS) is 8.95. The van der Waals surface area contributed by atoms with Gasteiger partial charge in [0.25, 0.3) is 0 Å². The first-order valence-corrected chi connectivity index (χ1v) is 4.98. The van der Waals surface area contributed by atoms with Crippen LogP contribution in [0.3, 0.4) is 0 Å². The smallest absolute Gasteiger partial charge is 0.264 e. The fourth-order valence-electron chi connectivity index (χ4n) is 1.34. The summed E-state index contributed by atoms with van der Waals surface area (Å²) in [4.78, 5) is 20.1. The zero-order valence-electron chi connectivity index (χ0n) is 10.0. The molecule has 0 spiro atoms. The minimum absolute atomic E-state index is 0.318. The van der Waals surface area contributed by atoms with E-state index in [0.29, 0.717) is 5.56 Å². The first-order chi connectivity index (χ1) is 9.40. The van der Waals surface area contributed by atoms with Crippen LogP contribution in [0, 0.1) is 49.8 Å². The summed E-state index contributed by atoms with van der Waals surface area (Å²) in [6.07, 6.45) is 0. The Kier molecular flexibility index (Phi) is 4.27. The van der Waals surface area contributed by atoms with Gasteiger partial charge in [-0.2, -0.15) is 15.6 Å². The number of nitro groups is 2. The van der Waals surface area contributed by atoms with Crippen LogP contribution in [-0.2, 0) is 0 Å². The fourth-order valence-corrected chi connectivity index (χ4v) is 1.34. The second kappa shape index (κ2) is 5.88. The molecule has 0 bridgehead atoms. The highest BCUT2D eigenvalue weighted by Crippen LogP contribution is 2.35. The highest BCUT2D eigenvalue weighted by Gasteiger charge is 2.26. The molecule has 0 heterocycles. The fraction of sp³-hybridized carbons (Fsp3) is 0.100. The highest BCUT2D eigenvalue weighted by atomic mass is 16.6. The number of nitrogens with one attached hydrogen (secondary N) is 1. The van der Waals surface area contributed by atoms with Gasteiger partial charge in [0.15, 0.2) is 0 Å². The Bertz CT molecular complexity index is 646. The summed E-state index contributed by atoms with van der Waals surface area (Å²) in [7, 11) is 0. The largest absolute Gasteiger partial charge is 0.301 e. The standard InChI is InChI=1S/C10H6N6O4/c1-6-2-8(15(17)18)10(9(3-6)16(19)20)14-13-7(4-11)5-12/h2-3,14H,1H3. The van der Waals surface area contributed by atoms with Gasteiger partial charge in [-0.05, 0) is 12.5 Å². The predicted molar refractivity (Wildman–Crippen MR) is 66.8 cm³/mol. The first kappa shape index (κ1) is 14.5. The molecule has 20 heavy (non-hydrogen) atoms. The van der Waals surface area contributed by atoms with E-state index in [1.807, 2.05) is 5.43 Å². The summed E-state index contributed by atoms with van der Waals surface area (Å²) in [6.45, 7) is 1.46. The van der Waals surface area contributed by atoms with Crippen LogP contribution in [0.25, 0.3) is 0 Å². The highest BCUT2D eigenvalue weighted by molar-refractivity contribution is 6.10. The Morgan fingerprint density at radius 3 is 2.00 bits per heavy atom. The van der Waals surface area contributed by atoms with Gasteiger partial charge in [-0.3, -0.25) is 25.7 Å². The van der Waals surface area contributed by atoms with Crippen LogP contribution >= 0.6 is 0 Å². The molecule has 0 amide bonds. The third-order valence-electron chi connectivity index (χ3n) is 2.13. The van der Waals surface area contributed by atoms with E-state index in [2.05, 4.69) is 5.10 Å². The summed E-state index contributed by atoms with van der Waals surface area (Å²) in [5, 5.41) is 42.1. The number of nitrogens with zero attached hydrogens (tertiary/aromatic N) is 5. The van der Waals surface area contributed by atoms with Crippen molar-refractivity contribution in [2.75, 3.05) is 5.43 Å². The second-order valence-electron chi connectivity index (χ2n) is 3.49. The van der Waals surface area contributed by atoms with Gasteiger partial charge in [0.2, 0.25) is 11.4 Å². The van der Waals surface area contributed by atoms with E-state index in [-0.39, 0.29) is 0 Å². The van der Waals surface area contributed by atoms with Crippen LogP contribution in [0.5, 0.6) is 0 Å². The third kappa shape index (κ3) is 3.02. The van der Waals surface area contributed by atoms with Crippen molar-refractivity contribution in [1.29, 1.82) is 10.5 Å². The number of hydrogen-bond acceptors (Lipinski definition) is 8. The minimum Gasteiger partial charge on any atom is -0.264 e. The molecule has 1 rings (SSSR count). The number of hydrogen-bond donors (Lipinski definition) is 1. The predicted octanol–water partition coefficient (Wildman–Crippen LogP) is 1.63. The van der Waals surface area contributed by atoms with Gasteiger partial charge in [-0.25, -0.2) is 0 Å². The molecule has 0 aliphatic heterocycles. The molecule has 1 aromatic carbocycles. The van der Waals surface area contributed by atoms with E-state index >= 15 is 0 Å². The lowest BCUT2D eigenvalue weighted by molar-refractivity contribution is -0.392. The average Bonchev–Trinajstić information content (AvgIpc) is 2.40. The Morgan fingerprint density at radius 2 is 1.65 bits per heavy atom. The maximum Gasteiger partial charge on any atom is 0.301 e. The van der Waals surface area contributed by atoms with Gasteiger partial charge < -0.3 is 0 Å². The van der Waals surface area contributed by atoms with Crippen LogP contribution in [0.2, 0.25) is 0 Å². The van der Waals surface area contributed by atoms with Crippen LogP contribution in [0.15, 0.2) is 17.2 Å². The van der Waals surface area contributed by atoms with Gasteiger partial charge in [0, 0.05) is 12.1 Å². The molecule has 0 saturated carbocycles. The van der Waals surface area contributed by atoms with Crippen LogP contribution in [0.4, 0.5) is 17.1 Å². The molecule has 0 aromatic heterocycles. The minimum atomic E-state index is -0.823. The van der Waals surface area contributed by atoms with Crippen LogP contribution < -0.4 is 5.43 Å². The van der Waals surface area contributed by atoms with Crippen molar-refractivity contribution in [3.05, 3.63) is 37.9 Å². The van der Waals surface area contributed by atoms with Crippen molar-refractivity contribution in [3.8, 4) is 12.1 Å². The maximum absolute atomic E-state index is 10.9. The number of aryl methyl sites for hydroxylation is 1. The number of rotatable bonds is 4. The van der Waals surface area contributed by atoms with Crippen molar-refractivity contribution in [2.24, 2.45) is 5.10 Å². The molecule has 0 atom stereocenters. The second-order valence-corrected chi connectivity index (χ2v) is 3.49. The lowest BCUT2D eigenvalue weighted by atomic mass is 10.1. The van der Waals surface area contributed by atoms with Gasteiger partial charge in [0.1, 0.15) is 12.1 Å². The molecule has 10 heteroatoms. The van der Waals surface area contributed by atoms with Crippen molar-refractivity contribution in [3.63, 3.8) is 0 Å². The average molecular weight is 274 g/mol. The summed E-state index contributed by atoms with van der Waals surface area (Å²) in [5.41, 5.74) is 0.0962. The van der Waals surface area contributed by atoms with Crippen LogP contribution in [0.1, 0.15) is 5.56 Å². The van der Waals surface area contributed by atoms with E-state index in [1.165, 1.54) is 19.1 Å². The molecule has 0 radical (unpaired) electrons. The van der Waals surface area contributed by atoms with Crippen molar-refractivity contribution in [1.82, 2.24) is 0 Å². The van der Waals surface area contributed by atoms with E-state index in [4.69, 9.17) is 10.5 Å². The molecular formula is C10H6N6O4. The van der Waals surface area contributed by atoms with Crippen LogP contribution in [-0.4, -0.2) is 15.6 Å². The van der Waals surface area contributed by atoms with E-state index in [0.717, 1.165) is 12.1 Å². The molecule has 1 N–H and O–H groups in total. The molecule has 0 unspecified atom stereocenters. The molecule has 0 saturated heterocycles. The third-order valence-corrected chi connectivity index (χ3v) is 2.13. The zero-order chi connectivity index (χ0) is 15.3. The van der Waals surface area contributed by atoms with E-state index in [9.17, 15) is 20.2 Å². The SMILES string of the molecule is Cc1cc([N+](=O)[O-])c(NN=C(C#N)C#N)c([N+](=O)[O-])c1. The zero-order valence-corrected chi connectivity index (χ0v) is 10.0. The van der Waals surface area contributed by atoms with Crippen molar-refractivity contribution >= 4 is 22.8 Å². The van der Waals surface area contributed by atoms with Gasteiger partial charge in [0.05, 0.1) is 9.85 Å². The number of nitriles is 2. The summed E-state index contributed by atoms with van der Waals surface area (Å²) < 4.78 is 0. The summed E-state index contributed by atoms with van der Waals surface area (Å²) in [6, 6.07) is 5.06. The molecule has 100 valence electrons. The van der Waals surface area contributed by atoms with Gasteiger partial charge in [-0.1, -0.05) is 0 Å². The van der Waals surface area contributed by atoms with E-state index in [1.54, 1.807) is 0 Å². The molecule has 0 fully saturated rings. The summed E-state index contributed by atoms with van der Waals surface area (Å²) in [5.74, 6) is 0. The Balaban J connectivity index is 3.47. The quantitative estimate of drug-likeness (QED) is 0.496. The molecular weight excluding hydrogens is 268 g/mol. The number of benzene rings is 1. The molecule has 1 aromatic rings. The lowest BCUT2D eigenvalue weighted by Gasteiger charge is -2.04. The van der Waals surface area contributed by atoms with Crippen molar-refractivity contribution < 1.29 is 9.85 Å². The first-order valence-electron chi connectivity index (χ1n) is 4.98. The topological polar surface area (TPSA) is 158 Å². The Labute approximate surface area is 111 Å². The molecule has 0 aliphatic carbocycles. The number of anilines is 1. The Hall–Kier alpha value is -3.53. The molecule has 10 nitrogen and oxygen atoms in total. The monoisotopic (exact) mass is 274 g/mol. The van der Waals surface area contributed by atoms with Gasteiger partial charge in [-0.15, -0.1) is 0 Å². The van der Waals surface area contributed by atoms with Crippen molar-refractivity contribution in [2.45, 2.75) is 6.92 Å². The summed E-state index contributed by atoms with van der Waals surface area (Å²) >= 11 is 0. The van der Waals surface area contributed by atoms with E-state index < -0.39 is 32.6 Å².